The molecule has 2 aromatic carbocycles. The Morgan fingerprint density at radius 2 is 1.55 bits per heavy atom. The molecule has 0 unspecified atom stereocenters. The van der Waals surface area contributed by atoms with Crippen molar-refractivity contribution in [1.82, 2.24) is 14.3 Å². The minimum atomic E-state index is -4.46. The Bertz CT molecular complexity index is 1250. The summed E-state index contributed by atoms with van der Waals surface area (Å²) in [5.74, 6) is -0.0947. The van der Waals surface area contributed by atoms with Crippen molar-refractivity contribution in [2.24, 2.45) is 5.92 Å². The van der Waals surface area contributed by atoms with Crippen LogP contribution in [0.3, 0.4) is 0 Å². The molecule has 33 heavy (non-hydrogen) atoms. The topological polar surface area (TPSA) is 115 Å². The van der Waals surface area contributed by atoms with Gasteiger partial charge in [0.1, 0.15) is 11.5 Å². The molecule has 0 saturated heterocycles. The third-order valence-corrected chi connectivity index (χ3v) is 6.39. The van der Waals surface area contributed by atoms with Gasteiger partial charge in [-0.3, -0.25) is 4.98 Å². The lowest BCUT2D eigenvalue weighted by Crippen LogP contribution is -2.34. The summed E-state index contributed by atoms with van der Waals surface area (Å²) in [6.07, 6.45) is -4.46. The number of halogens is 3. The number of sulfonamides is 1. The Kier molecular flexibility index (Phi) is 6.89. The predicted octanol–water partition coefficient (Wildman–Crippen LogP) is 4.07. The number of aromatic hydroxyl groups is 1. The molecule has 0 amide bonds. The van der Waals surface area contributed by atoms with Crippen molar-refractivity contribution < 1.29 is 31.4 Å². The van der Waals surface area contributed by atoms with Gasteiger partial charge in [0.05, 0.1) is 22.7 Å². The highest BCUT2D eigenvalue weighted by molar-refractivity contribution is 7.89. The van der Waals surface area contributed by atoms with Crippen molar-refractivity contribution in [1.29, 1.82) is 0 Å². The molecule has 0 radical (unpaired) electrons. The van der Waals surface area contributed by atoms with Gasteiger partial charge in [-0.2, -0.15) is 17.5 Å². The van der Waals surface area contributed by atoms with Crippen LogP contribution in [0, 0.1) is 5.92 Å². The van der Waals surface area contributed by atoms with E-state index < -0.39 is 33.3 Å². The number of benzene rings is 2. The third-order valence-electron chi connectivity index (χ3n) is 4.56. The molecular weight excluding hydrogens is 463 g/mol. The molecule has 1 aromatic heterocycles. The van der Waals surface area contributed by atoms with E-state index in [4.69, 9.17) is 4.74 Å². The zero-order chi connectivity index (χ0) is 24.4. The van der Waals surface area contributed by atoms with Crippen LogP contribution >= 0.6 is 0 Å². The van der Waals surface area contributed by atoms with Crippen LogP contribution in [-0.4, -0.2) is 34.3 Å². The number of aromatic nitrogens is 2. The van der Waals surface area contributed by atoms with Crippen LogP contribution < -0.4 is 10.4 Å². The molecule has 1 heterocycles. The second-order valence-electron chi connectivity index (χ2n) is 7.69. The van der Waals surface area contributed by atoms with E-state index in [9.17, 15) is 31.5 Å². The van der Waals surface area contributed by atoms with Gasteiger partial charge < -0.3 is 14.8 Å². The number of ether oxygens (including phenoxy) is 1. The molecule has 0 aliphatic carbocycles. The molecule has 0 saturated carbocycles. The Balaban J connectivity index is 1.80. The summed E-state index contributed by atoms with van der Waals surface area (Å²) in [6.45, 7) is 3.51. The molecule has 8 nitrogen and oxygen atoms in total. The molecule has 0 bridgehead atoms. The summed E-state index contributed by atoms with van der Waals surface area (Å²) in [5.41, 5.74) is -1.43. The molecular formula is C21H22F3N3O5S. The lowest BCUT2D eigenvalue weighted by atomic mass is 10.2. The molecule has 3 rings (SSSR count). The minimum Gasteiger partial charge on any atom is -0.493 e. The van der Waals surface area contributed by atoms with Crippen LogP contribution in [0.5, 0.6) is 17.4 Å². The number of nitrogens with one attached hydrogen (secondary N) is 2. The highest BCUT2D eigenvalue weighted by Gasteiger charge is 2.30. The van der Waals surface area contributed by atoms with Gasteiger partial charge in [-0.15, -0.1) is 0 Å². The molecule has 0 atom stereocenters. The van der Waals surface area contributed by atoms with Gasteiger partial charge in [-0.05, 0) is 54.4 Å². The number of aromatic amines is 2. The van der Waals surface area contributed by atoms with E-state index in [2.05, 4.69) is 9.97 Å². The minimum absolute atomic E-state index is 0.0338. The zero-order valence-corrected chi connectivity index (χ0v) is 18.5. The summed E-state index contributed by atoms with van der Waals surface area (Å²) in [5, 5.41) is 9.80. The standard InChI is InChI=1S/C21H22F3N3O5S/c1-13(2)11-27(12-18-19(28)26-20(29)25-18)33(30,31)17-9-7-16(8-10-17)32-15-5-3-14(4-6-15)21(22,23)24/h3-10,13,28H,11-12H2,1-2H3,(H2,25,26,29). The van der Waals surface area contributed by atoms with Crippen LogP contribution in [0.2, 0.25) is 0 Å². The molecule has 0 fully saturated rings. The summed E-state index contributed by atoms with van der Waals surface area (Å²) < 4.78 is 71.0. The quantitative estimate of drug-likeness (QED) is 0.445. The highest BCUT2D eigenvalue weighted by atomic mass is 32.2. The number of imidazole rings is 1. The van der Waals surface area contributed by atoms with Crippen molar-refractivity contribution in [2.75, 3.05) is 6.54 Å². The van der Waals surface area contributed by atoms with Crippen molar-refractivity contribution in [3.8, 4) is 17.4 Å². The maximum Gasteiger partial charge on any atom is 0.416 e. The fourth-order valence-electron chi connectivity index (χ4n) is 3.03. The monoisotopic (exact) mass is 485 g/mol. The summed E-state index contributed by atoms with van der Waals surface area (Å²) in [7, 11) is -4.01. The van der Waals surface area contributed by atoms with Gasteiger partial charge in [0.25, 0.3) is 0 Å². The van der Waals surface area contributed by atoms with E-state index in [1.54, 1.807) is 0 Å². The third kappa shape index (κ3) is 5.96. The number of H-pyrrole nitrogens is 2. The van der Waals surface area contributed by atoms with Gasteiger partial charge in [-0.1, -0.05) is 13.8 Å². The molecule has 12 heteroatoms. The molecule has 3 N–H and O–H groups in total. The van der Waals surface area contributed by atoms with Crippen LogP contribution in [0.4, 0.5) is 13.2 Å². The number of hydrogen-bond acceptors (Lipinski definition) is 5. The zero-order valence-electron chi connectivity index (χ0n) is 17.7. The maximum atomic E-state index is 13.2. The Hall–Kier alpha value is -3.25. The smallest absolute Gasteiger partial charge is 0.416 e. The molecule has 178 valence electrons. The number of alkyl halides is 3. The normalized spacial score (nSPS) is 12.5. The van der Waals surface area contributed by atoms with Gasteiger partial charge in [0.15, 0.2) is 0 Å². The van der Waals surface area contributed by atoms with E-state index in [0.29, 0.717) is 0 Å². The first-order valence-corrected chi connectivity index (χ1v) is 11.3. The van der Waals surface area contributed by atoms with E-state index in [1.165, 1.54) is 36.4 Å². The van der Waals surface area contributed by atoms with Crippen LogP contribution in [-0.2, 0) is 22.7 Å². The molecule has 3 aromatic rings. The van der Waals surface area contributed by atoms with E-state index in [0.717, 1.165) is 16.4 Å². The first-order chi connectivity index (χ1) is 15.4. The molecule has 0 aliphatic rings. The molecule has 0 spiro atoms. The number of nitrogens with zero attached hydrogens (tertiary/aromatic N) is 1. The van der Waals surface area contributed by atoms with Crippen LogP contribution in [0.15, 0.2) is 58.2 Å². The lowest BCUT2D eigenvalue weighted by molar-refractivity contribution is -0.137. The van der Waals surface area contributed by atoms with E-state index in [1.807, 2.05) is 13.8 Å². The van der Waals surface area contributed by atoms with Gasteiger partial charge in [0, 0.05) is 6.54 Å². The van der Waals surface area contributed by atoms with Gasteiger partial charge >= 0.3 is 11.9 Å². The second-order valence-corrected chi connectivity index (χ2v) is 9.63. The van der Waals surface area contributed by atoms with Crippen molar-refractivity contribution in [3.05, 3.63) is 70.3 Å². The van der Waals surface area contributed by atoms with Gasteiger partial charge in [-0.25, -0.2) is 13.2 Å². The first-order valence-electron chi connectivity index (χ1n) is 9.81. The Morgan fingerprint density at radius 1 is 1.00 bits per heavy atom. The van der Waals surface area contributed by atoms with E-state index >= 15 is 0 Å². The fraction of sp³-hybridized carbons (Fsp3) is 0.286. The largest absolute Gasteiger partial charge is 0.493 e. The van der Waals surface area contributed by atoms with E-state index in [-0.39, 0.29) is 41.1 Å². The fourth-order valence-corrected chi connectivity index (χ4v) is 4.60. The Morgan fingerprint density at radius 3 is 2.00 bits per heavy atom. The number of hydrogen-bond donors (Lipinski definition) is 3. The average Bonchev–Trinajstić information content (AvgIpc) is 3.04. The lowest BCUT2D eigenvalue weighted by Gasteiger charge is -2.23. The first kappa shape index (κ1) is 24.4. The predicted molar refractivity (Wildman–Crippen MR) is 113 cm³/mol. The van der Waals surface area contributed by atoms with Gasteiger partial charge in [0.2, 0.25) is 15.9 Å². The average molecular weight is 485 g/mol. The summed E-state index contributed by atoms with van der Waals surface area (Å²) in [6, 6.07) is 9.49. The van der Waals surface area contributed by atoms with Crippen molar-refractivity contribution >= 4 is 10.0 Å². The van der Waals surface area contributed by atoms with Crippen molar-refractivity contribution in [2.45, 2.75) is 31.5 Å². The number of rotatable bonds is 8. The molecule has 0 aliphatic heterocycles. The Labute approximate surface area is 187 Å². The SMILES string of the molecule is CC(C)CN(Cc1[nH]c(=O)[nH]c1O)S(=O)(=O)c1ccc(Oc2ccc(C(F)(F)F)cc2)cc1. The van der Waals surface area contributed by atoms with Crippen LogP contribution in [0.25, 0.3) is 0 Å². The van der Waals surface area contributed by atoms with Crippen LogP contribution in [0.1, 0.15) is 25.1 Å². The highest BCUT2D eigenvalue weighted by Crippen LogP contribution is 2.32. The summed E-state index contributed by atoms with van der Waals surface area (Å²) in [4.78, 5) is 15.8. The summed E-state index contributed by atoms with van der Waals surface area (Å²) >= 11 is 0. The maximum absolute atomic E-state index is 13.2. The second kappa shape index (κ2) is 9.32. The van der Waals surface area contributed by atoms with Crippen molar-refractivity contribution in [3.63, 3.8) is 0 Å².